The zero-order chi connectivity index (χ0) is 20.2. The zero-order valence-corrected chi connectivity index (χ0v) is 16.9. The van der Waals surface area contributed by atoms with Crippen LogP contribution in [0.3, 0.4) is 0 Å². The summed E-state index contributed by atoms with van der Waals surface area (Å²) in [5.74, 6) is -1.57. The standard InChI is InChI=1S/C19H21NO5S2/c1-12-4-5-14(10-17(12)27(3,24)25)19(23)20-16(11-18(21)22)13-6-8-15(26-2)9-7-13/h4-10,16H,11H2,1-3H3,(H,20,23)(H,21,22)/t16-/m0/s1. The van der Waals surface area contributed by atoms with Crippen LogP contribution in [0, 0.1) is 6.92 Å². The van der Waals surface area contributed by atoms with E-state index in [0.717, 1.165) is 11.2 Å². The quantitative estimate of drug-likeness (QED) is 0.684. The molecule has 0 radical (unpaired) electrons. The number of aliphatic carboxylic acids is 1. The monoisotopic (exact) mass is 407 g/mol. The van der Waals surface area contributed by atoms with Crippen LogP contribution in [-0.2, 0) is 14.6 Å². The van der Waals surface area contributed by atoms with E-state index in [1.807, 2.05) is 18.4 Å². The van der Waals surface area contributed by atoms with E-state index < -0.39 is 27.8 Å². The Balaban J connectivity index is 2.31. The van der Waals surface area contributed by atoms with Crippen molar-refractivity contribution in [3.63, 3.8) is 0 Å². The molecule has 0 unspecified atom stereocenters. The number of amides is 1. The minimum Gasteiger partial charge on any atom is -0.481 e. The van der Waals surface area contributed by atoms with Crippen LogP contribution in [0.25, 0.3) is 0 Å². The Labute approximate surface area is 162 Å². The van der Waals surface area contributed by atoms with Gasteiger partial charge in [0.2, 0.25) is 0 Å². The second-order valence-electron chi connectivity index (χ2n) is 6.15. The van der Waals surface area contributed by atoms with Gasteiger partial charge in [0.05, 0.1) is 17.4 Å². The Morgan fingerprint density at radius 1 is 1.15 bits per heavy atom. The molecule has 0 saturated heterocycles. The number of sulfone groups is 1. The van der Waals surface area contributed by atoms with Gasteiger partial charge >= 0.3 is 5.97 Å². The first-order valence-corrected chi connectivity index (χ1v) is 11.2. The lowest BCUT2D eigenvalue weighted by atomic mass is 10.0. The minimum absolute atomic E-state index is 0.0780. The molecule has 0 saturated carbocycles. The van der Waals surface area contributed by atoms with Crippen molar-refractivity contribution in [3.05, 3.63) is 59.2 Å². The molecule has 2 N–H and O–H groups in total. The first kappa shape index (κ1) is 21.0. The lowest BCUT2D eigenvalue weighted by molar-refractivity contribution is -0.137. The molecular formula is C19H21NO5S2. The highest BCUT2D eigenvalue weighted by molar-refractivity contribution is 7.98. The molecule has 144 valence electrons. The van der Waals surface area contributed by atoms with Crippen LogP contribution in [0.2, 0.25) is 0 Å². The van der Waals surface area contributed by atoms with E-state index in [4.69, 9.17) is 0 Å². The van der Waals surface area contributed by atoms with Gasteiger partial charge in [-0.15, -0.1) is 11.8 Å². The van der Waals surface area contributed by atoms with Crippen molar-refractivity contribution in [2.75, 3.05) is 12.5 Å². The van der Waals surface area contributed by atoms with Crippen molar-refractivity contribution in [3.8, 4) is 0 Å². The molecule has 0 bridgehead atoms. The molecule has 0 heterocycles. The number of carboxylic acids is 1. The molecule has 0 aliphatic carbocycles. The number of aryl methyl sites for hydroxylation is 1. The van der Waals surface area contributed by atoms with Crippen molar-refractivity contribution in [2.45, 2.75) is 29.2 Å². The van der Waals surface area contributed by atoms with Crippen LogP contribution in [0.15, 0.2) is 52.3 Å². The van der Waals surface area contributed by atoms with E-state index in [-0.39, 0.29) is 16.9 Å². The number of rotatable bonds is 7. The Morgan fingerprint density at radius 2 is 1.78 bits per heavy atom. The maximum absolute atomic E-state index is 12.6. The SMILES string of the molecule is CSc1ccc([C@H](CC(=O)O)NC(=O)c2ccc(C)c(S(C)(=O)=O)c2)cc1. The number of carbonyl (C=O) groups is 2. The minimum atomic E-state index is -3.47. The Hall–Kier alpha value is -2.32. The molecular weight excluding hydrogens is 386 g/mol. The van der Waals surface area contributed by atoms with E-state index >= 15 is 0 Å². The van der Waals surface area contributed by atoms with Crippen molar-refractivity contribution in [1.29, 1.82) is 0 Å². The fourth-order valence-electron chi connectivity index (χ4n) is 2.65. The van der Waals surface area contributed by atoms with Crippen LogP contribution >= 0.6 is 11.8 Å². The lowest BCUT2D eigenvalue weighted by Crippen LogP contribution is -2.30. The molecule has 6 nitrogen and oxygen atoms in total. The second-order valence-corrected chi connectivity index (χ2v) is 9.01. The van der Waals surface area contributed by atoms with Gasteiger partial charge in [0.25, 0.3) is 5.91 Å². The summed E-state index contributed by atoms with van der Waals surface area (Å²) in [6.45, 7) is 1.65. The van der Waals surface area contributed by atoms with Crippen LogP contribution in [0.5, 0.6) is 0 Å². The molecule has 0 aromatic heterocycles. The average Bonchev–Trinajstić information content (AvgIpc) is 2.60. The van der Waals surface area contributed by atoms with Gasteiger partial charge in [0, 0.05) is 16.7 Å². The predicted molar refractivity (Wildman–Crippen MR) is 105 cm³/mol. The molecule has 2 rings (SSSR count). The molecule has 1 atom stereocenters. The van der Waals surface area contributed by atoms with Crippen LogP contribution in [0.1, 0.15) is 33.9 Å². The van der Waals surface area contributed by atoms with Gasteiger partial charge in [0.15, 0.2) is 9.84 Å². The van der Waals surface area contributed by atoms with Crippen LogP contribution < -0.4 is 5.32 Å². The largest absolute Gasteiger partial charge is 0.481 e. The highest BCUT2D eigenvalue weighted by Crippen LogP contribution is 2.23. The number of thioether (sulfide) groups is 1. The van der Waals surface area contributed by atoms with Crippen LogP contribution in [0.4, 0.5) is 0 Å². The molecule has 0 aliphatic rings. The number of carboxylic acid groups (broad SMARTS) is 1. The Morgan fingerprint density at radius 3 is 2.30 bits per heavy atom. The zero-order valence-electron chi connectivity index (χ0n) is 15.2. The van der Waals surface area contributed by atoms with Crippen molar-refractivity contribution < 1.29 is 23.1 Å². The average molecular weight is 408 g/mol. The smallest absolute Gasteiger partial charge is 0.305 e. The lowest BCUT2D eigenvalue weighted by Gasteiger charge is -2.18. The number of hydrogen-bond acceptors (Lipinski definition) is 5. The molecule has 0 fully saturated rings. The van der Waals surface area contributed by atoms with E-state index in [1.165, 1.54) is 12.1 Å². The summed E-state index contributed by atoms with van der Waals surface area (Å²) in [6, 6.07) is 10.9. The van der Waals surface area contributed by atoms with Crippen molar-refractivity contribution >= 4 is 33.5 Å². The molecule has 8 heteroatoms. The Kier molecular flexibility index (Phi) is 6.67. The van der Waals surface area contributed by atoms with Gasteiger partial charge < -0.3 is 10.4 Å². The summed E-state index contributed by atoms with van der Waals surface area (Å²) in [4.78, 5) is 24.9. The maximum Gasteiger partial charge on any atom is 0.305 e. The van der Waals surface area contributed by atoms with Crippen molar-refractivity contribution in [1.82, 2.24) is 5.32 Å². The van der Waals surface area contributed by atoms with Gasteiger partial charge in [-0.2, -0.15) is 0 Å². The summed E-state index contributed by atoms with van der Waals surface area (Å²) in [6.07, 6.45) is 2.73. The van der Waals surface area contributed by atoms with Gasteiger partial charge in [-0.05, 0) is 48.6 Å². The second kappa shape index (κ2) is 8.58. The van der Waals surface area contributed by atoms with Gasteiger partial charge in [-0.1, -0.05) is 18.2 Å². The summed E-state index contributed by atoms with van der Waals surface area (Å²) in [5, 5.41) is 11.9. The third kappa shape index (κ3) is 5.58. The summed E-state index contributed by atoms with van der Waals surface area (Å²) >= 11 is 1.56. The molecule has 2 aromatic carbocycles. The summed E-state index contributed by atoms with van der Waals surface area (Å²) < 4.78 is 23.7. The number of nitrogens with one attached hydrogen (secondary N) is 1. The molecule has 1 amide bonds. The van der Waals surface area contributed by atoms with Crippen LogP contribution in [-0.4, -0.2) is 37.9 Å². The first-order valence-electron chi connectivity index (χ1n) is 8.09. The third-order valence-electron chi connectivity index (χ3n) is 4.05. The molecule has 0 spiro atoms. The first-order chi connectivity index (χ1) is 12.6. The highest BCUT2D eigenvalue weighted by atomic mass is 32.2. The fourth-order valence-corrected chi connectivity index (χ4v) is 4.05. The summed E-state index contributed by atoms with van der Waals surface area (Å²) in [7, 11) is -3.47. The third-order valence-corrected chi connectivity index (χ3v) is 6.03. The van der Waals surface area contributed by atoms with E-state index in [1.54, 1.807) is 36.9 Å². The van der Waals surface area contributed by atoms with E-state index in [2.05, 4.69) is 5.32 Å². The van der Waals surface area contributed by atoms with Gasteiger partial charge in [0.1, 0.15) is 0 Å². The summed E-state index contributed by atoms with van der Waals surface area (Å²) in [5.41, 5.74) is 1.37. The van der Waals surface area contributed by atoms with Crippen molar-refractivity contribution in [2.24, 2.45) is 0 Å². The highest BCUT2D eigenvalue weighted by Gasteiger charge is 2.20. The van der Waals surface area contributed by atoms with E-state index in [0.29, 0.717) is 11.1 Å². The normalized spacial score (nSPS) is 12.4. The van der Waals surface area contributed by atoms with Gasteiger partial charge in [-0.25, -0.2) is 8.42 Å². The van der Waals surface area contributed by atoms with E-state index in [9.17, 15) is 23.1 Å². The topological polar surface area (TPSA) is 101 Å². The molecule has 2 aromatic rings. The number of hydrogen-bond donors (Lipinski definition) is 2. The fraction of sp³-hybridized carbons (Fsp3) is 0.263. The number of carbonyl (C=O) groups excluding carboxylic acids is 1. The number of benzene rings is 2. The van der Waals surface area contributed by atoms with Gasteiger partial charge in [-0.3, -0.25) is 9.59 Å². The Bertz CT molecular complexity index is 953. The maximum atomic E-state index is 12.6. The molecule has 27 heavy (non-hydrogen) atoms. The predicted octanol–water partition coefficient (Wildman–Crippen LogP) is 3.07. The molecule has 0 aliphatic heterocycles.